The molecule has 1 saturated carbocycles. The van der Waals surface area contributed by atoms with Gasteiger partial charge in [-0.2, -0.15) is 10.2 Å². The predicted molar refractivity (Wildman–Crippen MR) is 200 cm³/mol. The van der Waals surface area contributed by atoms with Crippen molar-refractivity contribution in [3.63, 3.8) is 0 Å². The molecule has 1 aliphatic carbocycles. The Morgan fingerprint density at radius 2 is 1.80 bits per heavy atom. The van der Waals surface area contributed by atoms with Gasteiger partial charge in [0.15, 0.2) is 0 Å². The molecule has 2 N–H and O–H groups in total. The molecule has 268 valence electrons. The number of carbonyl (C=O) groups is 1. The number of hydrogen-bond acceptors (Lipinski definition) is 10. The minimum Gasteiger partial charge on any atom is -0.496 e. The van der Waals surface area contributed by atoms with Crippen molar-refractivity contribution in [2.45, 2.75) is 96.4 Å². The van der Waals surface area contributed by atoms with Crippen LogP contribution in [0.25, 0.3) is 15.2 Å². The summed E-state index contributed by atoms with van der Waals surface area (Å²) < 4.78 is 27.0. The zero-order valence-corrected chi connectivity index (χ0v) is 32.0. The van der Waals surface area contributed by atoms with Gasteiger partial charge in [-0.15, -0.1) is 14.6 Å². The highest BCUT2D eigenvalue weighted by Gasteiger charge is 2.36. The normalized spacial score (nSPS) is 15.6. The third-order valence-electron chi connectivity index (χ3n) is 8.88. The van der Waals surface area contributed by atoms with Crippen LogP contribution in [0.15, 0.2) is 40.2 Å². The molecule has 4 heterocycles. The Bertz CT molecular complexity index is 1810. The number of aliphatic hydroxyl groups is 1. The van der Waals surface area contributed by atoms with Crippen LogP contribution in [0.5, 0.6) is 5.75 Å². The van der Waals surface area contributed by atoms with Gasteiger partial charge >= 0.3 is 5.69 Å². The SMILES string of the molecule is COc1ccc(F)cc1CCn1c(=O)n(C(C)(C)C(=O)NC2CCCCC2)c(=O)c2c(C)c(-n3nccn3)sc21.OC1CCOCC1.SI. The molecule has 16 heteroatoms. The number of aromatic nitrogens is 5. The van der Waals surface area contributed by atoms with Crippen LogP contribution in [0.2, 0.25) is 0 Å². The molecule has 12 nitrogen and oxygen atoms in total. The molecule has 1 aliphatic heterocycles. The summed E-state index contributed by atoms with van der Waals surface area (Å²) in [4.78, 5) is 43.5. The number of nitrogens with zero attached hydrogens (tertiary/aromatic N) is 5. The second kappa shape index (κ2) is 17.9. The third-order valence-corrected chi connectivity index (χ3v) is 10.2. The Balaban J connectivity index is 0.000000528. The van der Waals surface area contributed by atoms with Crippen LogP contribution in [0, 0.1) is 12.7 Å². The first-order valence-corrected chi connectivity index (χ1v) is 20.3. The van der Waals surface area contributed by atoms with E-state index >= 15 is 0 Å². The van der Waals surface area contributed by atoms with Crippen LogP contribution >= 0.6 is 42.3 Å². The molecular formula is C33H44FIN6O6S2. The number of halogens is 2. The molecule has 1 aromatic carbocycles. The van der Waals surface area contributed by atoms with Gasteiger partial charge in [-0.3, -0.25) is 14.2 Å². The number of hydrogen-bond donors (Lipinski definition) is 3. The lowest BCUT2D eigenvalue weighted by Gasteiger charge is -2.30. The van der Waals surface area contributed by atoms with Crippen molar-refractivity contribution < 1.29 is 23.8 Å². The minimum atomic E-state index is -1.46. The second-order valence-corrected chi connectivity index (χ2v) is 13.5. The van der Waals surface area contributed by atoms with E-state index in [2.05, 4.69) is 25.3 Å². The number of aryl methyl sites for hydroxylation is 3. The van der Waals surface area contributed by atoms with Crippen LogP contribution in [0.3, 0.4) is 0 Å². The maximum Gasteiger partial charge on any atom is 0.333 e. The van der Waals surface area contributed by atoms with Gasteiger partial charge in [0, 0.05) is 31.4 Å². The summed E-state index contributed by atoms with van der Waals surface area (Å²) >= 11 is 3.07. The molecule has 0 radical (unpaired) electrons. The minimum absolute atomic E-state index is 0.0167. The van der Waals surface area contributed by atoms with E-state index in [9.17, 15) is 18.8 Å². The molecular weight excluding hydrogens is 786 g/mol. The zero-order chi connectivity index (χ0) is 35.7. The fourth-order valence-corrected chi connectivity index (χ4v) is 7.34. The summed E-state index contributed by atoms with van der Waals surface area (Å²) in [5.41, 5.74) is -1.43. The van der Waals surface area contributed by atoms with E-state index in [1.165, 1.54) is 52.3 Å². The molecule has 2 aliphatic rings. The smallest absolute Gasteiger partial charge is 0.333 e. The maximum atomic E-state index is 14.1. The van der Waals surface area contributed by atoms with Gasteiger partial charge in [-0.1, -0.05) is 30.6 Å². The predicted octanol–water partition coefficient (Wildman–Crippen LogP) is 5.11. The number of benzene rings is 1. The van der Waals surface area contributed by atoms with Crippen LogP contribution in [-0.4, -0.2) is 67.6 Å². The Morgan fingerprint density at radius 3 is 2.39 bits per heavy atom. The Hall–Kier alpha value is -2.80. The van der Waals surface area contributed by atoms with Gasteiger partial charge < -0.3 is 19.9 Å². The number of rotatable bonds is 8. The average Bonchev–Trinajstić information content (AvgIpc) is 3.75. The van der Waals surface area contributed by atoms with Crippen LogP contribution < -0.4 is 21.3 Å². The van der Waals surface area contributed by atoms with Crippen molar-refractivity contribution >= 4 is 58.5 Å². The molecule has 0 bridgehead atoms. The van der Waals surface area contributed by atoms with E-state index in [-0.39, 0.29) is 31.0 Å². The number of aliphatic hydroxyl groups excluding tert-OH is 1. The van der Waals surface area contributed by atoms with Crippen molar-refractivity contribution in [3.8, 4) is 10.8 Å². The van der Waals surface area contributed by atoms with Crippen LogP contribution in [-0.2, 0) is 28.0 Å². The summed E-state index contributed by atoms with van der Waals surface area (Å²) in [6.45, 7) is 6.57. The van der Waals surface area contributed by atoms with E-state index in [1.54, 1.807) is 26.8 Å². The quantitative estimate of drug-likeness (QED) is 0.164. The molecule has 4 aromatic rings. The molecule has 1 amide bonds. The number of thiol groups is 1. The Morgan fingerprint density at radius 1 is 1.14 bits per heavy atom. The Kier molecular flexibility index (Phi) is 14.3. The fourth-order valence-electron chi connectivity index (χ4n) is 6.11. The van der Waals surface area contributed by atoms with Gasteiger partial charge in [0.25, 0.3) is 5.56 Å². The summed E-state index contributed by atoms with van der Waals surface area (Å²) in [5, 5.41) is 21.2. The maximum absolute atomic E-state index is 14.1. The number of ether oxygens (including phenoxy) is 2. The first kappa shape index (κ1) is 39.0. The molecule has 6 rings (SSSR count). The van der Waals surface area contributed by atoms with Crippen molar-refractivity contribution in [2.75, 3.05) is 20.3 Å². The van der Waals surface area contributed by atoms with Crippen molar-refractivity contribution in [3.05, 3.63) is 68.4 Å². The second-order valence-electron chi connectivity index (χ2n) is 12.5. The summed E-state index contributed by atoms with van der Waals surface area (Å²) in [6, 6.07) is 4.24. The van der Waals surface area contributed by atoms with Gasteiger partial charge in [0.1, 0.15) is 26.9 Å². The topological polar surface area (TPSA) is 142 Å². The Labute approximate surface area is 306 Å². The number of amides is 1. The zero-order valence-electron chi connectivity index (χ0n) is 28.2. The van der Waals surface area contributed by atoms with Crippen molar-refractivity contribution in [1.29, 1.82) is 0 Å². The van der Waals surface area contributed by atoms with E-state index in [4.69, 9.17) is 14.6 Å². The summed E-state index contributed by atoms with van der Waals surface area (Å²) in [7, 11) is 5.00. The van der Waals surface area contributed by atoms with Crippen LogP contribution in [0.1, 0.15) is 69.9 Å². The van der Waals surface area contributed by atoms with Gasteiger partial charge in [-0.25, -0.2) is 13.8 Å². The highest BCUT2D eigenvalue weighted by Crippen LogP contribution is 2.31. The van der Waals surface area contributed by atoms with Gasteiger partial charge in [0.05, 0.1) is 31.0 Å². The third kappa shape index (κ3) is 9.11. The van der Waals surface area contributed by atoms with E-state index in [1.807, 2.05) is 21.2 Å². The first-order valence-electron chi connectivity index (χ1n) is 16.2. The fraction of sp³-hybridized carbons (Fsp3) is 0.545. The highest BCUT2D eigenvalue weighted by atomic mass is 127. The van der Waals surface area contributed by atoms with Crippen LogP contribution in [0.4, 0.5) is 4.39 Å². The monoisotopic (exact) mass is 830 g/mol. The molecule has 0 atom stereocenters. The molecule has 2 fully saturated rings. The highest BCUT2D eigenvalue weighted by molar-refractivity contribution is 14.2. The summed E-state index contributed by atoms with van der Waals surface area (Å²) in [5.74, 6) is -0.300. The van der Waals surface area contributed by atoms with Crippen molar-refractivity contribution in [2.24, 2.45) is 0 Å². The number of carbonyl (C=O) groups excluding carboxylic acids is 1. The molecule has 49 heavy (non-hydrogen) atoms. The number of methoxy groups -OCH3 is 1. The molecule has 3 aromatic heterocycles. The summed E-state index contributed by atoms with van der Waals surface area (Å²) in [6.07, 6.45) is 9.83. The molecule has 0 spiro atoms. The van der Waals surface area contributed by atoms with Gasteiger partial charge in [0.2, 0.25) is 5.91 Å². The standard InChI is InChI=1S/C28H33FN6O4S.C5H10O2.HIS/c1-17-22-23(36)34(28(2,3)26(37)32-20-8-6-5-7-9-20)27(38)33(25(22)40-24(17)35-30-13-14-31-35)15-12-18-16-19(29)10-11-21(18)39-4;6-5-1-3-7-4-2-5;1-2/h10-11,13-14,16,20H,5-9,12,15H2,1-4H3,(H,32,37);5-6H,1-4H2;2H. The molecule has 0 unspecified atom stereocenters. The van der Waals surface area contributed by atoms with Gasteiger partial charge in [-0.05, 0) is 97.8 Å². The molecule has 1 saturated heterocycles. The number of fused-ring (bicyclic) bond motifs is 1. The van der Waals surface area contributed by atoms with E-state index in [0.29, 0.717) is 32.1 Å². The number of thiophene rings is 1. The number of nitrogens with one attached hydrogen (secondary N) is 1. The van der Waals surface area contributed by atoms with E-state index < -0.39 is 22.6 Å². The lowest BCUT2D eigenvalue weighted by Crippen LogP contribution is -2.57. The van der Waals surface area contributed by atoms with Crippen molar-refractivity contribution in [1.82, 2.24) is 29.4 Å². The lowest BCUT2D eigenvalue weighted by molar-refractivity contribution is -0.129. The first-order chi connectivity index (χ1) is 23.5. The largest absolute Gasteiger partial charge is 0.496 e. The average molecular weight is 831 g/mol. The van der Waals surface area contributed by atoms with E-state index in [0.717, 1.165) is 62.7 Å². The lowest BCUT2D eigenvalue weighted by atomic mass is 9.94.